The quantitative estimate of drug-likeness (QED) is 0.539. The Bertz CT molecular complexity index is 813. The van der Waals surface area contributed by atoms with Gasteiger partial charge in [0.05, 0.1) is 6.54 Å². The molecule has 0 unspecified atom stereocenters. The Morgan fingerprint density at radius 1 is 1.10 bits per heavy atom. The molecular formula is C18H15NO2. The monoisotopic (exact) mass is 277 g/mol. The molecule has 3 rings (SSSR count). The van der Waals surface area contributed by atoms with Crippen LogP contribution in [-0.4, -0.2) is 16.6 Å². The zero-order valence-electron chi connectivity index (χ0n) is 11.7. The molecule has 0 aliphatic rings. The Labute approximate surface area is 122 Å². The zero-order valence-corrected chi connectivity index (χ0v) is 11.7. The lowest BCUT2D eigenvalue weighted by Crippen LogP contribution is -2.09. The third kappa shape index (κ3) is 2.50. The molecule has 3 nitrogen and oxygen atoms in total. The van der Waals surface area contributed by atoms with Crippen molar-refractivity contribution in [3.63, 3.8) is 0 Å². The van der Waals surface area contributed by atoms with E-state index in [1.165, 1.54) is 0 Å². The van der Waals surface area contributed by atoms with Gasteiger partial charge in [0, 0.05) is 28.2 Å². The molecule has 21 heavy (non-hydrogen) atoms. The highest BCUT2D eigenvalue weighted by molar-refractivity contribution is 6.00. The average molecular weight is 277 g/mol. The number of nitrogens with zero attached hydrogens (tertiary/aromatic N) is 1. The zero-order chi connectivity index (χ0) is 14.8. The summed E-state index contributed by atoms with van der Waals surface area (Å²) in [6.07, 6.45) is 2.57. The minimum atomic E-state index is 0.0354. The fraction of sp³-hybridized carbons (Fsp3) is 0.111. The third-order valence-electron chi connectivity index (χ3n) is 3.63. The molecule has 0 bridgehead atoms. The summed E-state index contributed by atoms with van der Waals surface area (Å²) in [6.45, 7) is 2.22. The lowest BCUT2D eigenvalue weighted by molar-refractivity contribution is 0.0972. The second-order valence-corrected chi connectivity index (χ2v) is 5.14. The molecule has 0 amide bonds. The molecule has 2 aromatic carbocycles. The van der Waals surface area contributed by atoms with E-state index in [1.807, 2.05) is 60.0 Å². The van der Waals surface area contributed by atoms with Crippen molar-refractivity contribution in [2.75, 3.05) is 0 Å². The van der Waals surface area contributed by atoms with Gasteiger partial charge in [-0.15, -0.1) is 0 Å². The van der Waals surface area contributed by atoms with E-state index in [0.29, 0.717) is 11.1 Å². The van der Waals surface area contributed by atoms with Gasteiger partial charge in [0.15, 0.2) is 12.1 Å². The van der Waals surface area contributed by atoms with Gasteiger partial charge < -0.3 is 4.57 Å². The number of benzene rings is 2. The first-order chi connectivity index (χ1) is 10.2. The van der Waals surface area contributed by atoms with Crippen LogP contribution in [0.1, 0.15) is 26.3 Å². The minimum Gasteiger partial charge on any atom is -0.339 e. The molecule has 3 heteroatoms. The van der Waals surface area contributed by atoms with Crippen LogP contribution in [-0.2, 0) is 6.54 Å². The van der Waals surface area contributed by atoms with Gasteiger partial charge in [-0.1, -0.05) is 48.0 Å². The Balaban J connectivity index is 1.96. The van der Waals surface area contributed by atoms with Crippen molar-refractivity contribution in [2.45, 2.75) is 13.5 Å². The summed E-state index contributed by atoms with van der Waals surface area (Å²) in [5.41, 5.74) is 3.33. The van der Waals surface area contributed by atoms with Gasteiger partial charge in [0.25, 0.3) is 0 Å². The smallest absolute Gasteiger partial charge is 0.182 e. The number of hydrogen-bond donors (Lipinski definition) is 0. The van der Waals surface area contributed by atoms with Gasteiger partial charge in [0.1, 0.15) is 0 Å². The van der Waals surface area contributed by atoms with Crippen LogP contribution in [0.5, 0.6) is 0 Å². The van der Waals surface area contributed by atoms with Crippen molar-refractivity contribution < 1.29 is 9.59 Å². The Kier molecular flexibility index (Phi) is 3.40. The van der Waals surface area contributed by atoms with E-state index in [2.05, 4.69) is 0 Å². The van der Waals surface area contributed by atoms with Gasteiger partial charge in [-0.3, -0.25) is 9.59 Å². The number of para-hydroxylation sites is 1. The van der Waals surface area contributed by atoms with E-state index < -0.39 is 0 Å². The summed E-state index contributed by atoms with van der Waals surface area (Å²) in [6, 6.07) is 15.1. The number of ketones is 1. The predicted molar refractivity (Wildman–Crippen MR) is 82.8 cm³/mol. The van der Waals surface area contributed by atoms with Crippen LogP contribution in [0.15, 0.2) is 54.7 Å². The van der Waals surface area contributed by atoms with Crippen LogP contribution in [0, 0.1) is 6.92 Å². The van der Waals surface area contributed by atoms with Crippen molar-refractivity contribution in [1.82, 2.24) is 4.57 Å². The van der Waals surface area contributed by atoms with Crippen molar-refractivity contribution in [3.8, 4) is 0 Å². The lowest BCUT2D eigenvalue weighted by Gasteiger charge is -2.05. The average Bonchev–Trinajstić information content (AvgIpc) is 2.86. The molecule has 0 radical (unpaired) electrons. The third-order valence-corrected chi connectivity index (χ3v) is 3.63. The van der Waals surface area contributed by atoms with Crippen LogP contribution in [0.2, 0.25) is 0 Å². The van der Waals surface area contributed by atoms with E-state index >= 15 is 0 Å². The van der Waals surface area contributed by atoms with Gasteiger partial charge in [-0.25, -0.2) is 0 Å². The molecule has 0 saturated carbocycles. The molecule has 0 aliphatic carbocycles. The highest BCUT2D eigenvalue weighted by atomic mass is 16.1. The van der Waals surface area contributed by atoms with Crippen LogP contribution < -0.4 is 0 Å². The largest absolute Gasteiger partial charge is 0.339 e. The first-order valence-electron chi connectivity index (χ1n) is 6.82. The molecule has 0 spiro atoms. The van der Waals surface area contributed by atoms with Crippen molar-refractivity contribution in [3.05, 3.63) is 71.4 Å². The van der Waals surface area contributed by atoms with E-state index in [-0.39, 0.29) is 12.3 Å². The summed E-state index contributed by atoms with van der Waals surface area (Å²) in [5, 5.41) is 0.879. The number of aromatic nitrogens is 1. The lowest BCUT2D eigenvalue weighted by atomic mass is 10.1. The van der Waals surface area contributed by atoms with Crippen molar-refractivity contribution in [1.29, 1.82) is 0 Å². The summed E-state index contributed by atoms with van der Waals surface area (Å²) in [5.74, 6) is 0.0354. The van der Waals surface area contributed by atoms with Crippen molar-refractivity contribution in [2.24, 2.45) is 0 Å². The van der Waals surface area contributed by atoms with E-state index in [1.54, 1.807) is 6.20 Å². The van der Waals surface area contributed by atoms with Crippen LogP contribution in [0.25, 0.3) is 10.9 Å². The first-order valence-corrected chi connectivity index (χ1v) is 6.82. The molecule has 0 saturated heterocycles. The number of aryl methyl sites for hydroxylation is 1. The van der Waals surface area contributed by atoms with E-state index in [0.717, 1.165) is 22.8 Å². The normalized spacial score (nSPS) is 10.7. The molecule has 0 fully saturated rings. The number of aldehydes is 1. The maximum Gasteiger partial charge on any atom is 0.182 e. The second-order valence-electron chi connectivity index (χ2n) is 5.14. The number of carbonyl (C=O) groups is 2. The highest BCUT2D eigenvalue weighted by Gasteiger charge is 2.11. The van der Waals surface area contributed by atoms with Gasteiger partial charge in [-0.2, -0.15) is 0 Å². The first kappa shape index (κ1) is 13.3. The second kappa shape index (κ2) is 5.37. The van der Waals surface area contributed by atoms with Gasteiger partial charge >= 0.3 is 0 Å². The number of hydrogen-bond acceptors (Lipinski definition) is 2. The Hall–Kier alpha value is -2.68. The molecule has 104 valence electrons. The van der Waals surface area contributed by atoms with Gasteiger partial charge in [-0.05, 0) is 13.0 Å². The topological polar surface area (TPSA) is 39.1 Å². The molecule has 1 aromatic heterocycles. The molecule has 3 aromatic rings. The predicted octanol–water partition coefficient (Wildman–Crippen LogP) is 3.65. The van der Waals surface area contributed by atoms with E-state index in [4.69, 9.17) is 0 Å². The summed E-state index contributed by atoms with van der Waals surface area (Å²) >= 11 is 0. The van der Waals surface area contributed by atoms with Crippen LogP contribution in [0.4, 0.5) is 0 Å². The number of carbonyl (C=O) groups excluding carboxylic acids is 2. The Morgan fingerprint density at radius 2 is 1.81 bits per heavy atom. The molecule has 1 heterocycles. The number of fused-ring (bicyclic) bond motifs is 1. The SMILES string of the molecule is Cc1ccc(C(=O)Cn2cc(C=O)c3ccccc32)cc1. The maximum absolute atomic E-state index is 12.4. The van der Waals surface area contributed by atoms with E-state index in [9.17, 15) is 9.59 Å². The fourth-order valence-corrected chi connectivity index (χ4v) is 2.49. The standard InChI is InChI=1S/C18H15NO2/c1-13-6-8-14(9-7-13)18(21)11-19-10-15(12-20)16-4-2-3-5-17(16)19/h2-10,12H,11H2,1H3. The number of rotatable bonds is 4. The van der Waals surface area contributed by atoms with Gasteiger partial charge in [0.2, 0.25) is 0 Å². The maximum atomic E-state index is 12.4. The minimum absolute atomic E-state index is 0.0354. The molecule has 0 N–H and O–H groups in total. The van der Waals surface area contributed by atoms with Crippen molar-refractivity contribution >= 4 is 23.0 Å². The van der Waals surface area contributed by atoms with Crippen LogP contribution in [0.3, 0.4) is 0 Å². The number of Topliss-reactive ketones (excluding diaryl/α,β-unsaturated/α-hetero) is 1. The summed E-state index contributed by atoms with van der Waals surface area (Å²) in [4.78, 5) is 23.5. The molecule has 0 atom stereocenters. The molecule has 0 aliphatic heterocycles. The summed E-state index contributed by atoms with van der Waals surface area (Å²) in [7, 11) is 0. The highest BCUT2D eigenvalue weighted by Crippen LogP contribution is 2.20. The van der Waals surface area contributed by atoms with Crippen LogP contribution >= 0.6 is 0 Å². The molecular weight excluding hydrogens is 262 g/mol. The fourth-order valence-electron chi connectivity index (χ4n) is 2.49. The Morgan fingerprint density at radius 3 is 2.52 bits per heavy atom. The summed E-state index contributed by atoms with van der Waals surface area (Å²) < 4.78 is 1.83.